The van der Waals surface area contributed by atoms with Gasteiger partial charge in [0.2, 0.25) is 6.08 Å². The van der Waals surface area contributed by atoms with E-state index in [2.05, 4.69) is 30.1 Å². The molecule has 0 radical (unpaired) electrons. The molecule has 0 saturated heterocycles. The van der Waals surface area contributed by atoms with Crippen LogP contribution in [0.4, 0.5) is 0 Å². The fraction of sp³-hybridized carbons (Fsp3) is 0.588. The summed E-state index contributed by atoms with van der Waals surface area (Å²) in [6.45, 7) is 2.31. The quantitative estimate of drug-likeness (QED) is 0.574. The van der Waals surface area contributed by atoms with Crippen LogP contribution in [0.3, 0.4) is 0 Å². The summed E-state index contributed by atoms with van der Waals surface area (Å²) in [5.41, 5.74) is 3.94. The molecule has 0 aromatic heterocycles. The number of nitrogens with zero attached hydrogens (tertiary/aromatic N) is 1. The summed E-state index contributed by atoms with van der Waals surface area (Å²) in [4.78, 5) is 15.0. The third kappa shape index (κ3) is 2.15. The Morgan fingerprint density at radius 1 is 1.26 bits per heavy atom. The van der Waals surface area contributed by atoms with E-state index in [0.717, 1.165) is 25.7 Å². The van der Waals surface area contributed by atoms with Crippen molar-refractivity contribution in [2.75, 3.05) is 0 Å². The molecule has 0 spiro atoms. The van der Waals surface area contributed by atoms with Gasteiger partial charge in [0, 0.05) is 0 Å². The van der Waals surface area contributed by atoms with Gasteiger partial charge in [0.05, 0.1) is 5.54 Å². The Morgan fingerprint density at radius 2 is 2.05 bits per heavy atom. The lowest BCUT2D eigenvalue weighted by molar-refractivity contribution is 0.454. The smallest absolute Gasteiger partial charge is 0.211 e. The molecule has 2 aliphatic carbocycles. The molecule has 2 aliphatic rings. The summed E-state index contributed by atoms with van der Waals surface area (Å²) in [6.07, 6.45) is 9.91. The predicted octanol–water partition coefficient (Wildman–Crippen LogP) is 4.23. The van der Waals surface area contributed by atoms with E-state index in [1.807, 2.05) is 6.08 Å². The number of fused-ring (bicyclic) bond motifs is 1. The SMILES string of the molecule is CC1CCCc2ccc(C3(N=C=O)CCCC3)cc21. The summed E-state index contributed by atoms with van der Waals surface area (Å²) < 4.78 is 0. The van der Waals surface area contributed by atoms with Crippen LogP contribution in [0, 0.1) is 0 Å². The highest BCUT2D eigenvalue weighted by Crippen LogP contribution is 2.44. The first kappa shape index (κ1) is 12.6. The van der Waals surface area contributed by atoms with E-state index in [1.54, 1.807) is 0 Å². The fourth-order valence-corrected chi connectivity index (χ4v) is 3.84. The summed E-state index contributed by atoms with van der Waals surface area (Å²) in [5.74, 6) is 0.641. The minimum absolute atomic E-state index is 0.270. The van der Waals surface area contributed by atoms with Crippen LogP contribution in [-0.4, -0.2) is 6.08 Å². The van der Waals surface area contributed by atoms with Crippen molar-refractivity contribution in [1.82, 2.24) is 0 Å². The number of hydrogen-bond donors (Lipinski definition) is 0. The van der Waals surface area contributed by atoms with Gasteiger partial charge in [-0.25, -0.2) is 4.79 Å². The zero-order valence-electron chi connectivity index (χ0n) is 11.6. The Bertz CT molecular complexity index is 522. The van der Waals surface area contributed by atoms with Crippen molar-refractivity contribution in [3.63, 3.8) is 0 Å². The maximum absolute atomic E-state index is 10.8. The molecule has 0 heterocycles. The molecule has 1 aromatic rings. The van der Waals surface area contributed by atoms with Gasteiger partial charge in [-0.2, -0.15) is 4.99 Å². The van der Waals surface area contributed by atoms with E-state index >= 15 is 0 Å². The molecule has 2 nitrogen and oxygen atoms in total. The number of benzene rings is 1. The molecule has 2 heteroatoms. The number of isocyanates is 1. The molecule has 3 rings (SSSR count). The monoisotopic (exact) mass is 255 g/mol. The van der Waals surface area contributed by atoms with Gasteiger partial charge in [-0.1, -0.05) is 38.0 Å². The Balaban J connectivity index is 2.05. The molecule has 0 aliphatic heterocycles. The van der Waals surface area contributed by atoms with E-state index in [9.17, 15) is 4.79 Å². The molecule has 1 fully saturated rings. The average molecular weight is 255 g/mol. The third-order valence-electron chi connectivity index (χ3n) is 4.99. The van der Waals surface area contributed by atoms with Gasteiger partial charge in [0.15, 0.2) is 0 Å². The molecule has 0 amide bonds. The average Bonchev–Trinajstić information content (AvgIpc) is 2.89. The van der Waals surface area contributed by atoms with Gasteiger partial charge in [-0.05, 0) is 54.7 Å². The zero-order valence-corrected chi connectivity index (χ0v) is 11.6. The third-order valence-corrected chi connectivity index (χ3v) is 4.99. The van der Waals surface area contributed by atoms with Gasteiger partial charge in [0.25, 0.3) is 0 Å². The van der Waals surface area contributed by atoms with Crippen LogP contribution in [-0.2, 0) is 16.8 Å². The molecule has 0 N–H and O–H groups in total. The second-order valence-corrected chi connectivity index (χ2v) is 6.15. The molecular formula is C17H21NO. The summed E-state index contributed by atoms with van der Waals surface area (Å²) in [7, 11) is 0. The lowest BCUT2D eigenvalue weighted by Crippen LogP contribution is -2.20. The van der Waals surface area contributed by atoms with E-state index < -0.39 is 0 Å². The Morgan fingerprint density at radius 3 is 2.79 bits per heavy atom. The molecule has 1 atom stereocenters. The van der Waals surface area contributed by atoms with E-state index in [1.165, 1.54) is 36.0 Å². The van der Waals surface area contributed by atoms with Gasteiger partial charge in [-0.15, -0.1) is 0 Å². The van der Waals surface area contributed by atoms with Crippen molar-refractivity contribution >= 4 is 6.08 Å². The molecule has 19 heavy (non-hydrogen) atoms. The van der Waals surface area contributed by atoms with Crippen molar-refractivity contribution in [2.45, 2.75) is 63.3 Å². The highest BCUT2D eigenvalue weighted by Gasteiger charge is 2.36. The normalized spacial score (nSPS) is 24.6. The minimum Gasteiger partial charge on any atom is -0.211 e. The molecule has 0 bridgehead atoms. The number of hydrogen-bond acceptors (Lipinski definition) is 2. The second-order valence-electron chi connectivity index (χ2n) is 6.15. The largest absolute Gasteiger partial charge is 0.235 e. The molecule has 1 saturated carbocycles. The number of carbonyl (C=O) groups excluding carboxylic acids is 1. The maximum atomic E-state index is 10.8. The number of rotatable bonds is 2. The van der Waals surface area contributed by atoms with Crippen molar-refractivity contribution in [1.29, 1.82) is 0 Å². The highest BCUT2D eigenvalue weighted by molar-refractivity contribution is 5.43. The van der Waals surface area contributed by atoms with Gasteiger partial charge in [0.1, 0.15) is 0 Å². The van der Waals surface area contributed by atoms with Crippen LogP contribution in [0.25, 0.3) is 0 Å². The summed E-state index contributed by atoms with van der Waals surface area (Å²) in [6, 6.07) is 6.79. The van der Waals surface area contributed by atoms with Crippen LogP contribution >= 0.6 is 0 Å². The predicted molar refractivity (Wildman–Crippen MR) is 76.1 cm³/mol. The minimum atomic E-state index is -0.270. The van der Waals surface area contributed by atoms with Crippen LogP contribution in [0.1, 0.15) is 68.1 Å². The van der Waals surface area contributed by atoms with E-state index in [4.69, 9.17) is 0 Å². The summed E-state index contributed by atoms with van der Waals surface area (Å²) >= 11 is 0. The molecular weight excluding hydrogens is 234 g/mol. The van der Waals surface area contributed by atoms with Crippen LogP contribution in [0.5, 0.6) is 0 Å². The Kier molecular flexibility index (Phi) is 3.28. The lowest BCUT2D eigenvalue weighted by atomic mass is 9.79. The lowest BCUT2D eigenvalue weighted by Gasteiger charge is -2.28. The van der Waals surface area contributed by atoms with Crippen molar-refractivity contribution in [3.8, 4) is 0 Å². The zero-order chi connectivity index (χ0) is 13.3. The standard InChI is InChI=1S/C17H21NO/c1-13-5-4-6-14-7-8-15(11-16(13)14)17(18-12-19)9-2-3-10-17/h7-8,11,13H,2-6,9-10H2,1H3. The van der Waals surface area contributed by atoms with Crippen LogP contribution in [0.15, 0.2) is 23.2 Å². The molecule has 1 aromatic carbocycles. The van der Waals surface area contributed by atoms with Crippen LogP contribution < -0.4 is 0 Å². The van der Waals surface area contributed by atoms with Gasteiger partial charge >= 0.3 is 0 Å². The van der Waals surface area contributed by atoms with E-state index in [-0.39, 0.29) is 5.54 Å². The highest BCUT2D eigenvalue weighted by atomic mass is 16.1. The number of aliphatic imine (C=N–C) groups is 1. The molecule has 1 unspecified atom stereocenters. The topological polar surface area (TPSA) is 29.4 Å². The summed E-state index contributed by atoms with van der Waals surface area (Å²) in [5, 5.41) is 0. The first-order valence-electron chi connectivity index (χ1n) is 7.47. The fourth-order valence-electron chi connectivity index (χ4n) is 3.84. The van der Waals surface area contributed by atoms with Gasteiger partial charge < -0.3 is 0 Å². The molecule has 100 valence electrons. The maximum Gasteiger partial charge on any atom is 0.235 e. The Hall–Kier alpha value is -1.40. The van der Waals surface area contributed by atoms with Crippen molar-refractivity contribution in [2.24, 2.45) is 4.99 Å². The van der Waals surface area contributed by atoms with Gasteiger partial charge in [-0.3, -0.25) is 0 Å². The Labute approximate surface area is 114 Å². The second kappa shape index (κ2) is 4.94. The first-order chi connectivity index (χ1) is 9.25. The van der Waals surface area contributed by atoms with Crippen LogP contribution in [0.2, 0.25) is 0 Å². The number of aryl methyl sites for hydroxylation is 1. The first-order valence-corrected chi connectivity index (χ1v) is 7.47. The van der Waals surface area contributed by atoms with Crippen molar-refractivity contribution < 1.29 is 4.79 Å². The van der Waals surface area contributed by atoms with Crippen molar-refractivity contribution in [3.05, 3.63) is 34.9 Å². The van der Waals surface area contributed by atoms with E-state index in [0.29, 0.717) is 5.92 Å².